The van der Waals surface area contributed by atoms with E-state index >= 15 is 0 Å². The van der Waals surface area contributed by atoms with Crippen LogP contribution in [0.1, 0.15) is 50.2 Å². The highest BCUT2D eigenvalue weighted by atomic mass is 32.2. The van der Waals surface area contributed by atoms with Gasteiger partial charge in [0, 0.05) is 12.6 Å². The van der Waals surface area contributed by atoms with Gasteiger partial charge in [0.1, 0.15) is 24.1 Å². The second-order valence-electron chi connectivity index (χ2n) is 11.8. The molecule has 4 aromatic carbocycles. The smallest absolute Gasteiger partial charge is 0.264 e. The van der Waals surface area contributed by atoms with Crippen LogP contribution in [0.3, 0.4) is 0 Å². The normalized spacial score (nSPS) is 14.2. The summed E-state index contributed by atoms with van der Waals surface area (Å²) in [5, 5.41) is 3.14. The van der Waals surface area contributed by atoms with Gasteiger partial charge in [-0.3, -0.25) is 13.9 Å². The van der Waals surface area contributed by atoms with Crippen molar-refractivity contribution in [3.63, 3.8) is 0 Å². The Bertz CT molecular complexity index is 1690. The quantitative estimate of drug-likeness (QED) is 0.183. The van der Waals surface area contributed by atoms with Gasteiger partial charge in [0.2, 0.25) is 11.8 Å². The highest BCUT2D eigenvalue weighted by Gasteiger charge is 2.33. The Kier molecular flexibility index (Phi) is 10.8. The van der Waals surface area contributed by atoms with Crippen molar-refractivity contribution in [2.24, 2.45) is 0 Å². The Balaban J connectivity index is 1.45. The number of rotatable bonds is 12. The van der Waals surface area contributed by atoms with Gasteiger partial charge in [-0.25, -0.2) is 8.42 Å². The third kappa shape index (κ3) is 8.34. The van der Waals surface area contributed by atoms with Crippen molar-refractivity contribution < 1.29 is 22.7 Å². The van der Waals surface area contributed by atoms with Gasteiger partial charge in [0.15, 0.2) is 0 Å². The van der Waals surface area contributed by atoms with Crippen LogP contribution in [0, 0.1) is 6.92 Å². The van der Waals surface area contributed by atoms with Crippen molar-refractivity contribution in [1.82, 2.24) is 10.2 Å². The number of ether oxygens (including phenoxy) is 1. The van der Waals surface area contributed by atoms with Gasteiger partial charge in [0.05, 0.1) is 10.6 Å². The molecule has 1 N–H and O–H groups in total. The van der Waals surface area contributed by atoms with E-state index in [1.54, 1.807) is 49.4 Å². The molecule has 0 heterocycles. The third-order valence-corrected chi connectivity index (χ3v) is 10.1. The maximum Gasteiger partial charge on any atom is 0.264 e. The minimum absolute atomic E-state index is 0.0561. The largest absolute Gasteiger partial charge is 0.457 e. The predicted molar refractivity (Wildman–Crippen MR) is 180 cm³/mol. The molecule has 0 unspecified atom stereocenters. The van der Waals surface area contributed by atoms with Crippen LogP contribution in [0.2, 0.25) is 0 Å². The van der Waals surface area contributed by atoms with E-state index in [-0.39, 0.29) is 23.4 Å². The number of anilines is 1. The number of aryl methyl sites for hydroxylation is 1. The third-order valence-electron chi connectivity index (χ3n) is 8.31. The van der Waals surface area contributed by atoms with Crippen LogP contribution in [0.25, 0.3) is 0 Å². The Morgan fingerprint density at radius 3 is 2.02 bits per heavy atom. The SMILES string of the molecule is Cc1ccc(CN(C(=O)CN(c2ccc(Oc3ccccc3)cc2)S(=O)(=O)c2ccccc2)[C@@H](C)C(=O)NC2CCCCC2)cc1. The lowest BCUT2D eigenvalue weighted by atomic mass is 9.95. The van der Waals surface area contributed by atoms with E-state index in [1.165, 1.54) is 17.0 Å². The number of carbonyl (C=O) groups excluding carboxylic acids is 2. The summed E-state index contributed by atoms with van der Waals surface area (Å²) >= 11 is 0. The lowest BCUT2D eigenvalue weighted by Crippen LogP contribution is -2.53. The van der Waals surface area contributed by atoms with Gasteiger partial charge in [0.25, 0.3) is 10.0 Å². The zero-order chi connectivity index (χ0) is 32.5. The molecule has 2 amide bonds. The maximum atomic E-state index is 14.2. The number of para-hydroxylation sites is 1. The van der Waals surface area contributed by atoms with Crippen LogP contribution in [0.4, 0.5) is 5.69 Å². The fourth-order valence-corrected chi connectivity index (χ4v) is 7.03. The number of amides is 2. The van der Waals surface area contributed by atoms with E-state index in [2.05, 4.69) is 5.32 Å². The monoisotopic (exact) mass is 639 g/mol. The number of carbonyl (C=O) groups is 2. The number of hydrogen-bond acceptors (Lipinski definition) is 5. The number of nitrogens with zero attached hydrogens (tertiary/aromatic N) is 2. The summed E-state index contributed by atoms with van der Waals surface area (Å²) in [6.07, 6.45) is 5.11. The Morgan fingerprint density at radius 2 is 1.39 bits per heavy atom. The summed E-state index contributed by atoms with van der Waals surface area (Å²) < 4.78 is 35.2. The predicted octanol–water partition coefficient (Wildman–Crippen LogP) is 6.85. The van der Waals surface area contributed by atoms with Gasteiger partial charge < -0.3 is 15.0 Å². The van der Waals surface area contributed by atoms with E-state index in [1.807, 2.05) is 61.5 Å². The summed E-state index contributed by atoms with van der Waals surface area (Å²) in [7, 11) is -4.16. The molecular formula is C37H41N3O5S. The molecular weight excluding hydrogens is 598 g/mol. The topological polar surface area (TPSA) is 96.0 Å². The first-order valence-electron chi connectivity index (χ1n) is 15.8. The van der Waals surface area contributed by atoms with E-state index in [9.17, 15) is 18.0 Å². The number of hydrogen-bond donors (Lipinski definition) is 1. The lowest BCUT2D eigenvalue weighted by molar-refractivity contribution is -0.139. The molecule has 0 radical (unpaired) electrons. The molecule has 1 atom stereocenters. The average Bonchev–Trinajstić information content (AvgIpc) is 3.08. The second-order valence-corrected chi connectivity index (χ2v) is 13.6. The van der Waals surface area contributed by atoms with E-state index in [4.69, 9.17) is 4.74 Å². The van der Waals surface area contributed by atoms with Crippen LogP contribution < -0.4 is 14.4 Å². The summed E-state index contributed by atoms with van der Waals surface area (Å²) in [6, 6.07) is 30.9. The van der Waals surface area contributed by atoms with Gasteiger partial charge in [-0.1, -0.05) is 85.5 Å². The molecule has 1 aliphatic carbocycles. The molecule has 4 aromatic rings. The first-order valence-corrected chi connectivity index (χ1v) is 17.2. The van der Waals surface area contributed by atoms with Crippen molar-refractivity contribution in [3.05, 3.63) is 120 Å². The van der Waals surface area contributed by atoms with Gasteiger partial charge in [-0.05, 0) is 80.8 Å². The average molecular weight is 640 g/mol. The standard InChI is InChI=1S/C37H41N3O5S/c1-28-18-20-30(21-19-28)26-39(29(2)37(42)38-31-12-6-3-7-13-31)36(41)27-40(46(43,44)35-16-10-5-11-17-35)32-22-24-34(25-23-32)45-33-14-8-4-9-15-33/h4-5,8-11,14-25,29,31H,3,6-7,12-13,26-27H2,1-2H3,(H,38,42)/t29-/m0/s1. The first-order chi connectivity index (χ1) is 22.2. The molecule has 9 heteroatoms. The lowest BCUT2D eigenvalue weighted by Gasteiger charge is -2.33. The second kappa shape index (κ2) is 15.1. The van der Waals surface area contributed by atoms with Gasteiger partial charge in [-0.15, -0.1) is 0 Å². The molecule has 1 saturated carbocycles. The van der Waals surface area contributed by atoms with Crippen LogP contribution in [-0.4, -0.2) is 43.8 Å². The molecule has 240 valence electrons. The van der Waals surface area contributed by atoms with Crippen molar-refractivity contribution in [3.8, 4) is 11.5 Å². The number of nitrogens with one attached hydrogen (secondary N) is 1. The number of sulfonamides is 1. The van der Waals surface area contributed by atoms with Crippen molar-refractivity contribution >= 4 is 27.5 Å². The Labute approximate surface area is 272 Å². The van der Waals surface area contributed by atoms with Gasteiger partial charge in [-0.2, -0.15) is 0 Å². The molecule has 0 saturated heterocycles. The zero-order valence-corrected chi connectivity index (χ0v) is 27.2. The summed E-state index contributed by atoms with van der Waals surface area (Å²) in [4.78, 5) is 29.3. The first kappa shape index (κ1) is 32.8. The Hall–Kier alpha value is -4.63. The molecule has 46 heavy (non-hydrogen) atoms. The van der Waals surface area contributed by atoms with Gasteiger partial charge >= 0.3 is 0 Å². The minimum Gasteiger partial charge on any atom is -0.457 e. The Morgan fingerprint density at radius 1 is 0.804 bits per heavy atom. The van der Waals surface area contributed by atoms with Crippen LogP contribution >= 0.6 is 0 Å². The highest BCUT2D eigenvalue weighted by Crippen LogP contribution is 2.29. The molecule has 0 aromatic heterocycles. The maximum absolute atomic E-state index is 14.2. The zero-order valence-electron chi connectivity index (χ0n) is 26.3. The number of benzene rings is 4. The molecule has 8 nitrogen and oxygen atoms in total. The fraction of sp³-hybridized carbons (Fsp3) is 0.297. The van der Waals surface area contributed by atoms with Crippen LogP contribution in [0.15, 0.2) is 114 Å². The van der Waals surface area contributed by atoms with E-state index in [0.717, 1.165) is 47.5 Å². The fourth-order valence-electron chi connectivity index (χ4n) is 5.60. The van der Waals surface area contributed by atoms with Crippen LogP contribution in [0.5, 0.6) is 11.5 Å². The molecule has 1 aliphatic rings. The van der Waals surface area contributed by atoms with Crippen molar-refractivity contribution in [1.29, 1.82) is 0 Å². The summed E-state index contributed by atoms with van der Waals surface area (Å²) in [5.41, 5.74) is 2.22. The van der Waals surface area contributed by atoms with Crippen LogP contribution in [-0.2, 0) is 26.2 Å². The van der Waals surface area contributed by atoms with Crippen molar-refractivity contribution in [2.75, 3.05) is 10.8 Å². The summed E-state index contributed by atoms with van der Waals surface area (Å²) in [5.74, 6) is 0.432. The molecule has 0 aliphatic heterocycles. The van der Waals surface area contributed by atoms with E-state index < -0.39 is 28.5 Å². The van der Waals surface area contributed by atoms with Crippen molar-refractivity contribution in [2.45, 2.75) is 69.5 Å². The van der Waals surface area contributed by atoms with E-state index in [0.29, 0.717) is 17.2 Å². The minimum atomic E-state index is -4.16. The molecule has 5 rings (SSSR count). The summed E-state index contributed by atoms with van der Waals surface area (Å²) in [6.45, 7) is 3.34. The molecule has 0 spiro atoms. The molecule has 1 fully saturated rings. The molecule has 0 bridgehead atoms. The highest BCUT2D eigenvalue weighted by molar-refractivity contribution is 7.92.